The predicted octanol–water partition coefficient (Wildman–Crippen LogP) is 3.70. The smallest absolute Gasteiger partial charge is 0.257 e. The highest BCUT2D eigenvalue weighted by atomic mass is 35.5. The van der Waals surface area contributed by atoms with Crippen LogP contribution in [0.15, 0.2) is 36.4 Å². The normalized spacial score (nSPS) is 12.7. The van der Waals surface area contributed by atoms with Crippen molar-refractivity contribution in [3.05, 3.63) is 58.4 Å². The monoisotopic (exact) mass is 290 g/mol. The van der Waals surface area contributed by atoms with Crippen LogP contribution in [0.3, 0.4) is 0 Å². The summed E-state index contributed by atoms with van der Waals surface area (Å²) in [5, 5.41) is 6.13. The van der Waals surface area contributed by atoms with Crippen molar-refractivity contribution in [1.29, 1.82) is 0 Å². The van der Waals surface area contributed by atoms with Gasteiger partial charge in [-0.05, 0) is 48.4 Å². The molecule has 0 spiro atoms. The van der Waals surface area contributed by atoms with E-state index in [1.54, 1.807) is 0 Å². The molecule has 0 aromatic heterocycles. The molecule has 0 radical (unpaired) electrons. The molecule has 0 aliphatic carbocycles. The highest BCUT2D eigenvalue weighted by Gasteiger charge is 2.14. The first kappa shape index (κ1) is 12.9. The summed E-state index contributed by atoms with van der Waals surface area (Å²) in [6.45, 7) is 0.913. The first-order valence-electron chi connectivity index (χ1n) is 6.27. The maximum atomic E-state index is 13.0. The van der Waals surface area contributed by atoms with E-state index < -0.39 is 5.82 Å². The van der Waals surface area contributed by atoms with Crippen molar-refractivity contribution in [2.24, 2.45) is 0 Å². The maximum Gasteiger partial charge on any atom is 0.257 e. The van der Waals surface area contributed by atoms with Crippen LogP contribution in [0.5, 0.6) is 0 Å². The summed E-state index contributed by atoms with van der Waals surface area (Å²) in [5.41, 5.74) is 3.24. The van der Waals surface area contributed by atoms with Gasteiger partial charge in [0, 0.05) is 17.9 Å². The minimum absolute atomic E-state index is 0.102. The van der Waals surface area contributed by atoms with Gasteiger partial charge in [0.15, 0.2) is 0 Å². The second-order valence-electron chi connectivity index (χ2n) is 4.63. The highest BCUT2D eigenvalue weighted by Crippen LogP contribution is 2.26. The van der Waals surface area contributed by atoms with Crippen molar-refractivity contribution in [3.63, 3.8) is 0 Å². The van der Waals surface area contributed by atoms with Crippen LogP contribution in [-0.4, -0.2) is 12.5 Å². The molecule has 5 heteroatoms. The average molecular weight is 291 g/mol. The summed E-state index contributed by atoms with van der Waals surface area (Å²) in [6.07, 6.45) is 0.941. The topological polar surface area (TPSA) is 41.1 Å². The molecular formula is C15H12ClFN2O. The molecule has 1 heterocycles. The SMILES string of the molecule is O=C(Nc1ccc2c(c1)CCN2)c1ccc(F)cc1Cl. The Bertz CT molecular complexity index is 688. The molecule has 0 bridgehead atoms. The van der Waals surface area contributed by atoms with Gasteiger partial charge in [0.05, 0.1) is 10.6 Å². The summed E-state index contributed by atoms with van der Waals surface area (Å²) in [5.74, 6) is -0.809. The molecule has 2 N–H and O–H groups in total. The third-order valence-electron chi connectivity index (χ3n) is 3.25. The van der Waals surface area contributed by atoms with Gasteiger partial charge in [0.25, 0.3) is 5.91 Å². The molecule has 2 aromatic carbocycles. The Morgan fingerprint density at radius 1 is 1.25 bits per heavy atom. The van der Waals surface area contributed by atoms with E-state index in [1.165, 1.54) is 17.7 Å². The molecule has 0 atom stereocenters. The predicted molar refractivity (Wildman–Crippen MR) is 78.0 cm³/mol. The van der Waals surface area contributed by atoms with Gasteiger partial charge in [-0.1, -0.05) is 11.6 Å². The van der Waals surface area contributed by atoms with Gasteiger partial charge < -0.3 is 10.6 Å². The number of nitrogens with one attached hydrogen (secondary N) is 2. The third kappa shape index (κ3) is 2.47. The maximum absolute atomic E-state index is 13.0. The number of hydrogen-bond acceptors (Lipinski definition) is 2. The highest BCUT2D eigenvalue weighted by molar-refractivity contribution is 6.34. The molecular weight excluding hydrogens is 279 g/mol. The summed E-state index contributed by atoms with van der Waals surface area (Å²) < 4.78 is 13.0. The molecule has 2 aromatic rings. The van der Waals surface area contributed by atoms with E-state index in [4.69, 9.17) is 11.6 Å². The van der Waals surface area contributed by atoms with E-state index in [9.17, 15) is 9.18 Å². The fourth-order valence-corrected chi connectivity index (χ4v) is 2.51. The van der Waals surface area contributed by atoms with Crippen LogP contribution in [0.2, 0.25) is 5.02 Å². The van der Waals surface area contributed by atoms with Gasteiger partial charge in [0.2, 0.25) is 0 Å². The first-order valence-corrected chi connectivity index (χ1v) is 6.64. The van der Waals surface area contributed by atoms with Gasteiger partial charge in [-0.15, -0.1) is 0 Å². The van der Waals surface area contributed by atoms with E-state index in [0.29, 0.717) is 5.69 Å². The van der Waals surface area contributed by atoms with Crippen molar-refractivity contribution in [1.82, 2.24) is 0 Å². The van der Waals surface area contributed by atoms with Crippen LogP contribution in [0.1, 0.15) is 15.9 Å². The van der Waals surface area contributed by atoms with Crippen molar-refractivity contribution in [2.45, 2.75) is 6.42 Å². The fraction of sp³-hybridized carbons (Fsp3) is 0.133. The lowest BCUT2D eigenvalue weighted by Crippen LogP contribution is -2.12. The number of fused-ring (bicyclic) bond motifs is 1. The Kier molecular flexibility index (Phi) is 3.32. The molecule has 0 fully saturated rings. The van der Waals surface area contributed by atoms with Gasteiger partial charge >= 0.3 is 0 Å². The Morgan fingerprint density at radius 2 is 2.10 bits per heavy atom. The van der Waals surface area contributed by atoms with Gasteiger partial charge in [0.1, 0.15) is 5.82 Å². The molecule has 0 saturated heterocycles. The third-order valence-corrected chi connectivity index (χ3v) is 3.56. The quantitative estimate of drug-likeness (QED) is 0.885. The summed E-state index contributed by atoms with van der Waals surface area (Å²) in [6, 6.07) is 9.42. The molecule has 20 heavy (non-hydrogen) atoms. The lowest BCUT2D eigenvalue weighted by molar-refractivity contribution is 0.102. The average Bonchev–Trinajstić information content (AvgIpc) is 2.85. The van der Waals surface area contributed by atoms with E-state index in [1.807, 2.05) is 18.2 Å². The Labute approximate surface area is 120 Å². The lowest BCUT2D eigenvalue weighted by Gasteiger charge is -2.08. The van der Waals surface area contributed by atoms with Crippen LogP contribution in [-0.2, 0) is 6.42 Å². The zero-order valence-electron chi connectivity index (χ0n) is 10.5. The Balaban J connectivity index is 1.82. The van der Waals surface area contributed by atoms with E-state index in [-0.39, 0.29) is 16.5 Å². The van der Waals surface area contributed by atoms with Crippen molar-refractivity contribution < 1.29 is 9.18 Å². The van der Waals surface area contributed by atoms with Crippen LogP contribution in [0.4, 0.5) is 15.8 Å². The van der Waals surface area contributed by atoms with Crippen LogP contribution < -0.4 is 10.6 Å². The largest absolute Gasteiger partial charge is 0.384 e. The molecule has 1 aliphatic heterocycles. The molecule has 1 amide bonds. The summed E-state index contributed by atoms with van der Waals surface area (Å²) >= 11 is 5.87. The minimum atomic E-state index is -0.463. The van der Waals surface area contributed by atoms with Crippen LogP contribution in [0, 0.1) is 5.82 Å². The van der Waals surface area contributed by atoms with E-state index >= 15 is 0 Å². The van der Waals surface area contributed by atoms with Crippen molar-refractivity contribution in [3.8, 4) is 0 Å². The van der Waals surface area contributed by atoms with Gasteiger partial charge in [-0.25, -0.2) is 4.39 Å². The standard InChI is InChI=1S/C15H12ClFN2O/c16-13-8-10(17)1-3-12(13)15(20)19-11-2-4-14-9(7-11)5-6-18-14/h1-4,7-8,18H,5-6H2,(H,19,20). The number of carbonyl (C=O) groups excluding carboxylic acids is 1. The molecule has 3 rings (SSSR count). The van der Waals surface area contributed by atoms with Crippen LogP contribution >= 0.6 is 11.6 Å². The zero-order chi connectivity index (χ0) is 14.1. The number of benzene rings is 2. The zero-order valence-corrected chi connectivity index (χ0v) is 11.3. The Hall–Kier alpha value is -2.07. The number of anilines is 2. The summed E-state index contributed by atoms with van der Waals surface area (Å²) in [4.78, 5) is 12.1. The number of amides is 1. The second-order valence-corrected chi connectivity index (χ2v) is 5.03. The van der Waals surface area contributed by atoms with Gasteiger partial charge in [-0.2, -0.15) is 0 Å². The lowest BCUT2D eigenvalue weighted by atomic mass is 10.1. The molecule has 1 aliphatic rings. The minimum Gasteiger partial charge on any atom is -0.384 e. The summed E-state index contributed by atoms with van der Waals surface area (Å²) in [7, 11) is 0. The number of halogens is 2. The van der Waals surface area contributed by atoms with Gasteiger partial charge in [-0.3, -0.25) is 4.79 Å². The van der Waals surface area contributed by atoms with E-state index in [0.717, 1.165) is 24.7 Å². The molecule has 0 unspecified atom stereocenters. The number of rotatable bonds is 2. The van der Waals surface area contributed by atoms with E-state index in [2.05, 4.69) is 10.6 Å². The molecule has 0 saturated carbocycles. The Morgan fingerprint density at radius 3 is 2.90 bits per heavy atom. The molecule has 102 valence electrons. The fourth-order valence-electron chi connectivity index (χ4n) is 2.25. The number of hydrogen-bond donors (Lipinski definition) is 2. The number of carbonyl (C=O) groups is 1. The second kappa shape index (κ2) is 5.13. The molecule has 3 nitrogen and oxygen atoms in total. The van der Waals surface area contributed by atoms with Crippen LogP contribution in [0.25, 0.3) is 0 Å². The van der Waals surface area contributed by atoms with Crippen molar-refractivity contribution >= 4 is 28.9 Å². The van der Waals surface area contributed by atoms with Crippen molar-refractivity contribution in [2.75, 3.05) is 17.2 Å². The first-order chi connectivity index (χ1) is 9.63.